The highest BCUT2D eigenvalue weighted by molar-refractivity contribution is 7.09. The van der Waals surface area contributed by atoms with Crippen LogP contribution in [0, 0.1) is 6.92 Å². The lowest BCUT2D eigenvalue weighted by atomic mass is 10.2. The molecule has 3 nitrogen and oxygen atoms in total. The van der Waals surface area contributed by atoms with Crippen molar-refractivity contribution in [2.24, 2.45) is 0 Å². The van der Waals surface area contributed by atoms with E-state index in [4.69, 9.17) is 0 Å². The molecule has 96 valence electrons. The van der Waals surface area contributed by atoms with Crippen molar-refractivity contribution in [2.75, 3.05) is 5.32 Å². The summed E-state index contributed by atoms with van der Waals surface area (Å²) in [6.07, 6.45) is 3.90. The number of nitrogens with one attached hydrogen (secondary N) is 1. The Morgan fingerprint density at radius 3 is 2.94 bits per heavy atom. The van der Waals surface area contributed by atoms with Crippen LogP contribution in [0.25, 0.3) is 0 Å². The van der Waals surface area contributed by atoms with Gasteiger partial charge in [0.25, 0.3) is 0 Å². The summed E-state index contributed by atoms with van der Waals surface area (Å²) in [5.74, 6) is 1.80. The zero-order valence-corrected chi connectivity index (χ0v) is 11.9. The molecule has 0 aromatic carbocycles. The predicted octanol–water partition coefficient (Wildman–Crippen LogP) is 3.45. The van der Waals surface area contributed by atoms with Crippen molar-refractivity contribution >= 4 is 17.2 Å². The molecule has 2 rings (SSSR count). The maximum absolute atomic E-state index is 4.49. The summed E-state index contributed by atoms with van der Waals surface area (Å²) in [6, 6.07) is 4.65. The molecule has 2 heterocycles. The van der Waals surface area contributed by atoms with E-state index in [1.807, 2.05) is 13.1 Å². The molecule has 4 heteroatoms. The van der Waals surface area contributed by atoms with E-state index in [9.17, 15) is 0 Å². The number of aromatic nitrogens is 2. The number of rotatable bonds is 5. The highest BCUT2D eigenvalue weighted by atomic mass is 32.1. The topological polar surface area (TPSA) is 37.8 Å². The maximum atomic E-state index is 4.49. The Morgan fingerprint density at radius 2 is 2.28 bits per heavy atom. The fourth-order valence-electron chi connectivity index (χ4n) is 1.89. The summed E-state index contributed by atoms with van der Waals surface area (Å²) in [5, 5.41) is 5.62. The van der Waals surface area contributed by atoms with Gasteiger partial charge in [0.15, 0.2) is 0 Å². The van der Waals surface area contributed by atoms with E-state index in [-0.39, 0.29) is 0 Å². The molecule has 0 bridgehead atoms. The van der Waals surface area contributed by atoms with Gasteiger partial charge in [-0.15, -0.1) is 11.3 Å². The minimum Gasteiger partial charge on any atom is -0.367 e. The lowest BCUT2D eigenvalue weighted by Gasteiger charge is -2.16. The third-order valence-electron chi connectivity index (χ3n) is 2.84. The number of aryl methyl sites for hydroxylation is 2. The molecule has 0 fully saturated rings. The first-order chi connectivity index (χ1) is 8.69. The summed E-state index contributed by atoms with van der Waals surface area (Å²) in [7, 11) is 0. The molecule has 0 aliphatic rings. The van der Waals surface area contributed by atoms with E-state index in [0.717, 1.165) is 24.5 Å². The molecule has 0 aliphatic carbocycles. The minimum absolute atomic E-state index is 0.378. The second-order valence-electron chi connectivity index (χ2n) is 4.47. The van der Waals surface area contributed by atoms with Gasteiger partial charge in [0, 0.05) is 29.1 Å². The molecule has 0 saturated carbocycles. The van der Waals surface area contributed by atoms with Gasteiger partial charge in [-0.1, -0.05) is 13.0 Å². The molecule has 0 aliphatic heterocycles. The van der Waals surface area contributed by atoms with Gasteiger partial charge in [0.1, 0.15) is 11.6 Å². The van der Waals surface area contributed by atoms with Crippen molar-refractivity contribution < 1.29 is 0 Å². The van der Waals surface area contributed by atoms with Crippen LogP contribution in [0.2, 0.25) is 0 Å². The molecule has 1 unspecified atom stereocenters. The van der Waals surface area contributed by atoms with E-state index < -0.39 is 0 Å². The Morgan fingerprint density at radius 1 is 1.44 bits per heavy atom. The third kappa shape index (κ3) is 3.29. The van der Waals surface area contributed by atoms with Crippen LogP contribution in [0.3, 0.4) is 0 Å². The highest BCUT2D eigenvalue weighted by Crippen LogP contribution is 2.16. The van der Waals surface area contributed by atoms with Crippen LogP contribution in [0.5, 0.6) is 0 Å². The van der Waals surface area contributed by atoms with E-state index >= 15 is 0 Å². The van der Waals surface area contributed by atoms with Gasteiger partial charge in [-0.25, -0.2) is 9.97 Å². The molecule has 18 heavy (non-hydrogen) atoms. The Hall–Kier alpha value is -1.42. The van der Waals surface area contributed by atoms with Crippen LogP contribution >= 0.6 is 11.3 Å². The van der Waals surface area contributed by atoms with Crippen molar-refractivity contribution in [1.29, 1.82) is 0 Å². The maximum Gasteiger partial charge on any atom is 0.133 e. The van der Waals surface area contributed by atoms with Crippen molar-refractivity contribution in [3.63, 3.8) is 0 Å². The van der Waals surface area contributed by atoms with Crippen molar-refractivity contribution in [3.8, 4) is 0 Å². The van der Waals surface area contributed by atoms with Gasteiger partial charge >= 0.3 is 0 Å². The molecular formula is C14H19N3S. The van der Waals surface area contributed by atoms with Crippen molar-refractivity contribution in [3.05, 3.63) is 40.0 Å². The summed E-state index contributed by atoms with van der Waals surface area (Å²) in [4.78, 5) is 10.1. The zero-order valence-electron chi connectivity index (χ0n) is 11.1. The van der Waals surface area contributed by atoms with Gasteiger partial charge in [-0.05, 0) is 31.7 Å². The van der Waals surface area contributed by atoms with Crippen LogP contribution in [-0.4, -0.2) is 16.0 Å². The first kappa shape index (κ1) is 13.0. The van der Waals surface area contributed by atoms with E-state index in [0.29, 0.717) is 6.04 Å². The molecule has 2 aromatic heterocycles. The lowest BCUT2D eigenvalue weighted by molar-refractivity contribution is 0.786. The lowest BCUT2D eigenvalue weighted by Crippen LogP contribution is -2.20. The summed E-state index contributed by atoms with van der Waals surface area (Å²) < 4.78 is 0. The van der Waals surface area contributed by atoms with Gasteiger partial charge in [0.2, 0.25) is 0 Å². The van der Waals surface area contributed by atoms with Gasteiger partial charge in [-0.2, -0.15) is 0 Å². The molecular weight excluding hydrogens is 242 g/mol. The predicted molar refractivity (Wildman–Crippen MR) is 77.3 cm³/mol. The number of anilines is 1. The highest BCUT2D eigenvalue weighted by Gasteiger charge is 2.09. The molecule has 0 saturated heterocycles. The van der Waals surface area contributed by atoms with E-state index in [2.05, 4.69) is 46.6 Å². The van der Waals surface area contributed by atoms with Crippen LogP contribution in [0.1, 0.15) is 30.1 Å². The third-order valence-corrected chi connectivity index (χ3v) is 3.74. The summed E-state index contributed by atoms with van der Waals surface area (Å²) >= 11 is 1.80. The molecule has 2 aromatic rings. The van der Waals surface area contributed by atoms with Crippen LogP contribution in [0.15, 0.2) is 23.7 Å². The number of hydrogen-bond donors (Lipinski definition) is 1. The molecule has 0 amide bonds. The van der Waals surface area contributed by atoms with E-state index in [1.54, 1.807) is 11.3 Å². The Kier molecular flexibility index (Phi) is 4.31. The van der Waals surface area contributed by atoms with Crippen LogP contribution in [-0.2, 0) is 12.8 Å². The smallest absolute Gasteiger partial charge is 0.133 e. The number of thiophene rings is 1. The van der Waals surface area contributed by atoms with Crippen LogP contribution in [0.4, 0.5) is 5.82 Å². The van der Waals surface area contributed by atoms with Crippen molar-refractivity contribution in [2.45, 2.75) is 39.7 Å². The largest absolute Gasteiger partial charge is 0.367 e. The fourth-order valence-corrected chi connectivity index (χ4v) is 2.73. The minimum atomic E-state index is 0.378. The Labute approximate surface area is 112 Å². The fraction of sp³-hybridized carbons (Fsp3) is 0.429. The van der Waals surface area contributed by atoms with E-state index in [1.165, 1.54) is 10.4 Å². The standard InChI is InChI=1S/C14H19N3S/c1-4-12-9-15-11(3)17-14(12)16-10(2)8-13-6-5-7-18-13/h5-7,9-10H,4,8H2,1-3H3,(H,15,16,17). The Bertz CT molecular complexity index is 494. The molecule has 1 atom stereocenters. The normalized spacial score (nSPS) is 12.4. The first-order valence-corrected chi connectivity index (χ1v) is 7.18. The van der Waals surface area contributed by atoms with Gasteiger partial charge in [0.05, 0.1) is 0 Å². The monoisotopic (exact) mass is 261 g/mol. The zero-order chi connectivity index (χ0) is 13.0. The van der Waals surface area contributed by atoms with Gasteiger partial charge < -0.3 is 5.32 Å². The SMILES string of the molecule is CCc1cnc(C)nc1NC(C)Cc1cccs1. The summed E-state index contributed by atoms with van der Waals surface area (Å²) in [5.41, 5.74) is 1.18. The number of hydrogen-bond acceptors (Lipinski definition) is 4. The number of nitrogens with zero attached hydrogens (tertiary/aromatic N) is 2. The molecule has 0 spiro atoms. The average Bonchev–Trinajstić information content (AvgIpc) is 2.82. The summed E-state index contributed by atoms with van der Waals surface area (Å²) in [6.45, 7) is 6.24. The Balaban J connectivity index is 2.06. The molecule has 0 radical (unpaired) electrons. The molecule has 1 N–H and O–H groups in total. The second kappa shape index (κ2) is 5.96. The van der Waals surface area contributed by atoms with Gasteiger partial charge in [-0.3, -0.25) is 0 Å². The second-order valence-corrected chi connectivity index (χ2v) is 5.51. The van der Waals surface area contributed by atoms with Crippen molar-refractivity contribution in [1.82, 2.24) is 9.97 Å². The average molecular weight is 261 g/mol. The first-order valence-electron chi connectivity index (χ1n) is 6.30. The quantitative estimate of drug-likeness (QED) is 0.895. The van der Waals surface area contributed by atoms with Crippen LogP contribution < -0.4 is 5.32 Å².